The number of aliphatic imine (C=N–C) groups is 1. The van der Waals surface area contributed by atoms with E-state index in [1.807, 2.05) is 43.3 Å². The number of thioether (sulfide) groups is 2. The molecule has 1 aromatic rings. The molecule has 0 aromatic heterocycles. The SMILES string of the molecule is CCCCSC1(SCCCC)N=C(N)[C@@]2(C#N)[C@H](c3ccccc3)NC(C)=C[C@@]12C#N. The summed E-state index contributed by atoms with van der Waals surface area (Å²) in [5.74, 6) is 2.00. The van der Waals surface area contributed by atoms with E-state index >= 15 is 0 Å². The fourth-order valence-electron chi connectivity index (χ4n) is 4.49. The highest BCUT2D eigenvalue weighted by Crippen LogP contribution is 2.69. The third-order valence-corrected chi connectivity index (χ3v) is 9.41. The average molecular weight is 454 g/mol. The lowest BCUT2D eigenvalue weighted by atomic mass is 9.58. The van der Waals surface area contributed by atoms with E-state index < -0.39 is 21.1 Å². The van der Waals surface area contributed by atoms with E-state index in [4.69, 9.17) is 10.7 Å². The number of nitrogens with one attached hydrogen (secondary N) is 1. The number of nitriles is 2. The van der Waals surface area contributed by atoms with E-state index in [-0.39, 0.29) is 5.84 Å². The van der Waals surface area contributed by atoms with Gasteiger partial charge in [-0.15, -0.1) is 23.5 Å². The van der Waals surface area contributed by atoms with Crippen molar-refractivity contribution in [3.05, 3.63) is 47.7 Å². The second-order valence-electron chi connectivity index (χ2n) is 8.14. The molecule has 0 saturated carbocycles. The number of allylic oxidation sites excluding steroid dienone is 1. The van der Waals surface area contributed by atoms with Crippen LogP contribution in [0.4, 0.5) is 0 Å². The third kappa shape index (κ3) is 3.62. The number of amidine groups is 1. The first kappa shape index (κ1) is 23.6. The fourth-order valence-corrected chi connectivity index (χ4v) is 8.06. The Morgan fingerprint density at radius 3 is 2.19 bits per heavy atom. The van der Waals surface area contributed by atoms with Crippen molar-refractivity contribution in [3.63, 3.8) is 0 Å². The highest BCUT2D eigenvalue weighted by Gasteiger charge is 2.75. The largest absolute Gasteiger partial charge is 0.386 e. The molecule has 0 aliphatic carbocycles. The van der Waals surface area contributed by atoms with Crippen LogP contribution in [0.1, 0.15) is 58.1 Å². The molecule has 31 heavy (non-hydrogen) atoms. The van der Waals surface area contributed by atoms with Crippen LogP contribution in [0.15, 0.2) is 47.1 Å². The minimum atomic E-state index is -1.29. The first-order valence-electron chi connectivity index (χ1n) is 10.9. The monoisotopic (exact) mass is 453 g/mol. The van der Waals surface area contributed by atoms with Gasteiger partial charge in [0, 0.05) is 5.70 Å². The van der Waals surface area contributed by atoms with Gasteiger partial charge in [0.1, 0.15) is 11.3 Å². The Balaban J connectivity index is 2.23. The number of hydrogen-bond donors (Lipinski definition) is 2. The summed E-state index contributed by atoms with van der Waals surface area (Å²) >= 11 is 3.36. The molecule has 5 nitrogen and oxygen atoms in total. The first-order chi connectivity index (χ1) is 15.0. The van der Waals surface area contributed by atoms with Crippen molar-refractivity contribution in [2.75, 3.05) is 11.5 Å². The Morgan fingerprint density at radius 2 is 1.68 bits per heavy atom. The van der Waals surface area contributed by atoms with E-state index in [1.165, 1.54) is 0 Å². The second kappa shape index (κ2) is 9.59. The molecule has 0 amide bonds. The molecule has 7 heteroatoms. The Bertz CT molecular complexity index is 920. The summed E-state index contributed by atoms with van der Waals surface area (Å²) in [5, 5.41) is 24.9. The zero-order valence-corrected chi connectivity index (χ0v) is 20.2. The van der Waals surface area contributed by atoms with Crippen molar-refractivity contribution in [3.8, 4) is 12.1 Å². The molecule has 0 unspecified atom stereocenters. The number of nitrogens with two attached hydrogens (primary N) is 1. The summed E-state index contributed by atoms with van der Waals surface area (Å²) in [4.78, 5) is 5.00. The number of fused-ring (bicyclic) bond motifs is 1. The molecule has 0 bridgehead atoms. The zero-order chi connectivity index (χ0) is 22.5. The molecule has 2 aliphatic rings. The summed E-state index contributed by atoms with van der Waals surface area (Å²) in [7, 11) is 0. The maximum Gasteiger partial charge on any atom is 0.178 e. The summed E-state index contributed by atoms with van der Waals surface area (Å²) in [6.45, 7) is 6.27. The average Bonchev–Trinajstić information content (AvgIpc) is 2.99. The highest BCUT2D eigenvalue weighted by molar-refractivity contribution is 8.18. The van der Waals surface area contributed by atoms with Crippen LogP contribution in [-0.4, -0.2) is 21.5 Å². The molecule has 2 aliphatic heterocycles. The fraction of sp³-hybridized carbons (Fsp3) is 0.542. The number of unbranched alkanes of at least 4 members (excludes halogenated alkanes) is 2. The summed E-state index contributed by atoms with van der Waals surface area (Å²) in [6, 6.07) is 14.5. The molecule has 3 N–H and O–H groups in total. The number of rotatable bonds is 9. The van der Waals surface area contributed by atoms with Gasteiger partial charge in [0.05, 0.1) is 18.2 Å². The van der Waals surface area contributed by atoms with Crippen LogP contribution < -0.4 is 11.1 Å². The number of benzene rings is 1. The van der Waals surface area contributed by atoms with E-state index in [1.54, 1.807) is 23.5 Å². The number of hydrogen-bond acceptors (Lipinski definition) is 7. The van der Waals surface area contributed by atoms with Gasteiger partial charge in [-0.05, 0) is 42.9 Å². The van der Waals surface area contributed by atoms with Crippen molar-refractivity contribution in [2.24, 2.45) is 21.6 Å². The molecule has 2 heterocycles. The number of nitrogens with zero attached hydrogens (tertiary/aromatic N) is 3. The Hall–Kier alpha value is -2.09. The third-order valence-electron chi connectivity index (χ3n) is 6.11. The van der Waals surface area contributed by atoms with E-state index in [2.05, 4.69) is 31.3 Å². The highest BCUT2D eigenvalue weighted by atomic mass is 32.2. The molecular weight excluding hydrogens is 422 g/mol. The topological polar surface area (TPSA) is 98.0 Å². The minimum Gasteiger partial charge on any atom is -0.386 e. The van der Waals surface area contributed by atoms with Gasteiger partial charge in [-0.2, -0.15) is 10.5 Å². The lowest BCUT2D eigenvalue weighted by Gasteiger charge is -2.49. The van der Waals surface area contributed by atoms with Gasteiger partial charge in [0.15, 0.2) is 9.62 Å². The first-order valence-corrected chi connectivity index (χ1v) is 12.9. The van der Waals surface area contributed by atoms with Crippen molar-refractivity contribution in [1.82, 2.24) is 5.32 Å². The molecule has 1 aromatic carbocycles. The van der Waals surface area contributed by atoms with Gasteiger partial charge in [0.25, 0.3) is 0 Å². The summed E-state index contributed by atoms with van der Waals surface area (Å²) < 4.78 is -0.845. The molecule has 0 fully saturated rings. The van der Waals surface area contributed by atoms with Crippen molar-refractivity contribution in [1.29, 1.82) is 10.5 Å². The Kier molecular flexibility index (Phi) is 7.29. The normalized spacial score (nSPS) is 28.5. The van der Waals surface area contributed by atoms with Crippen molar-refractivity contribution < 1.29 is 0 Å². The minimum absolute atomic E-state index is 0.259. The van der Waals surface area contributed by atoms with Gasteiger partial charge in [0.2, 0.25) is 0 Å². The smallest absolute Gasteiger partial charge is 0.178 e. The quantitative estimate of drug-likeness (QED) is 0.386. The van der Waals surface area contributed by atoms with E-state index in [0.29, 0.717) is 0 Å². The molecular formula is C24H31N5S2. The predicted molar refractivity (Wildman–Crippen MR) is 131 cm³/mol. The van der Waals surface area contributed by atoms with Gasteiger partial charge in [-0.1, -0.05) is 57.0 Å². The predicted octanol–water partition coefficient (Wildman–Crippen LogP) is 5.35. The maximum absolute atomic E-state index is 10.8. The Morgan fingerprint density at radius 1 is 1.06 bits per heavy atom. The van der Waals surface area contributed by atoms with Crippen LogP contribution in [0, 0.1) is 33.5 Å². The van der Waals surface area contributed by atoms with Crippen LogP contribution in [0.2, 0.25) is 0 Å². The van der Waals surface area contributed by atoms with Crippen LogP contribution in [0.5, 0.6) is 0 Å². The van der Waals surface area contributed by atoms with Crippen LogP contribution in [0.3, 0.4) is 0 Å². The van der Waals surface area contributed by atoms with Gasteiger partial charge in [-0.25, -0.2) is 4.99 Å². The molecule has 0 spiro atoms. The lowest BCUT2D eigenvalue weighted by Crippen LogP contribution is -2.59. The van der Waals surface area contributed by atoms with Crippen LogP contribution in [0.25, 0.3) is 0 Å². The van der Waals surface area contributed by atoms with Gasteiger partial charge in [-0.3, -0.25) is 0 Å². The lowest BCUT2D eigenvalue weighted by molar-refractivity contribution is 0.218. The molecule has 3 atom stereocenters. The zero-order valence-electron chi connectivity index (χ0n) is 18.5. The van der Waals surface area contributed by atoms with E-state index in [9.17, 15) is 10.5 Å². The summed E-state index contributed by atoms with van der Waals surface area (Å²) in [5.41, 5.74) is 5.98. The summed E-state index contributed by atoms with van der Waals surface area (Å²) in [6.07, 6.45) is 6.11. The Labute approximate surface area is 194 Å². The standard InChI is InChI=1S/C24H31N5S2/c1-4-6-13-30-24(31-14-7-5-2)22(16-25)15-18(3)28-20(19-11-9-8-10-12-19)23(22,17-26)21(27)29-24/h8-12,15,20,28H,4-7,13-14H2,1-3H3,(H2,27,29)/t20-,22-,23+/m0/s1. The molecule has 3 rings (SSSR count). The second-order valence-corrected chi connectivity index (χ2v) is 11.0. The molecule has 0 saturated heterocycles. The maximum atomic E-state index is 10.8. The molecule has 164 valence electrons. The van der Waals surface area contributed by atoms with Gasteiger partial charge < -0.3 is 11.1 Å². The van der Waals surface area contributed by atoms with Crippen LogP contribution >= 0.6 is 23.5 Å². The van der Waals surface area contributed by atoms with Crippen molar-refractivity contribution in [2.45, 2.75) is 56.7 Å². The van der Waals surface area contributed by atoms with Gasteiger partial charge >= 0.3 is 0 Å². The van der Waals surface area contributed by atoms with Crippen LogP contribution in [-0.2, 0) is 0 Å². The van der Waals surface area contributed by atoms with Crippen molar-refractivity contribution >= 4 is 29.4 Å². The molecule has 0 radical (unpaired) electrons. The van der Waals surface area contributed by atoms with E-state index in [0.717, 1.165) is 48.4 Å².